The highest BCUT2D eigenvalue weighted by molar-refractivity contribution is 5.95. The van der Waals surface area contributed by atoms with E-state index in [1.54, 1.807) is 4.90 Å². The molecule has 0 bridgehead atoms. The molecule has 2 aromatic carbocycles. The first kappa shape index (κ1) is 17.0. The van der Waals surface area contributed by atoms with Gasteiger partial charge in [-0.05, 0) is 31.2 Å². The van der Waals surface area contributed by atoms with E-state index >= 15 is 0 Å². The molecule has 1 aliphatic rings. The third-order valence-electron chi connectivity index (χ3n) is 4.00. The van der Waals surface area contributed by atoms with E-state index in [4.69, 9.17) is 4.74 Å². The lowest BCUT2D eigenvalue weighted by atomic mass is 10.2. The summed E-state index contributed by atoms with van der Waals surface area (Å²) in [5.74, 6) is -0.0751. The molecule has 0 spiro atoms. The summed E-state index contributed by atoms with van der Waals surface area (Å²) >= 11 is 0. The molecule has 25 heavy (non-hydrogen) atoms. The molecule has 1 atom stereocenters. The number of morpholine rings is 1. The second kappa shape index (κ2) is 7.81. The lowest BCUT2D eigenvalue weighted by Crippen LogP contribution is -2.51. The molecule has 0 radical (unpaired) electrons. The van der Waals surface area contributed by atoms with Gasteiger partial charge >= 0.3 is 6.03 Å². The predicted octanol–water partition coefficient (Wildman–Crippen LogP) is 2.55. The van der Waals surface area contributed by atoms with E-state index in [2.05, 4.69) is 10.6 Å². The summed E-state index contributed by atoms with van der Waals surface area (Å²) in [6, 6.07) is 16.7. The Kier molecular flexibility index (Phi) is 5.30. The van der Waals surface area contributed by atoms with Crippen LogP contribution in [0.5, 0.6) is 0 Å². The highest BCUT2D eigenvalue weighted by atomic mass is 16.5. The largest absolute Gasteiger partial charge is 0.365 e. The molecule has 0 aliphatic carbocycles. The molecular weight excluding hydrogens is 318 g/mol. The summed E-state index contributed by atoms with van der Waals surface area (Å²) in [5, 5.41) is 5.54. The van der Waals surface area contributed by atoms with E-state index in [0.717, 1.165) is 16.9 Å². The fraction of sp³-hybridized carbons (Fsp3) is 0.263. The van der Waals surface area contributed by atoms with Crippen molar-refractivity contribution >= 4 is 23.3 Å². The first-order valence-electron chi connectivity index (χ1n) is 8.20. The number of nitrogens with zero attached hydrogens (tertiary/aromatic N) is 1. The van der Waals surface area contributed by atoms with Crippen LogP contribution >= 0.6 is 0 Å². The summed E-state index contributed by atoms with van der Waals surface area (Å²) < 4.78 is 5.53. The molecule has 6 nitrogen and oxygen atoms in total. The van der Waals surface area contributed by atoms with Crippen LogP contribution in [-0.2, 0) is 9.53 Å². The van der Waals surface area contributed by atoms with Gasteiger partial charge in [0.05, 0.1) is 12.6 Å². The first-order chi connectivity index (χ1) is 12.1. The summed E-state index contributed by atoms with van der Waals surface area (Å²) in [6.45, 7) is 2.76. The van der Waals surface area contributed by atoms with Gasteiger partial charge in [0.25, 0.3) is 5.91 Å². The van der Waals surface area contributed by atoms with Crippen molar-refractivity contribution in [3.63, 3.8) is 0 Å². The Balaban J connectivity index is 1.53. The van der Waals surface area contributed by atoms with Crippen molar-refractivity contribution in [3.05, 3.63) is 60.2 Å². The number of benzene rings is 2. The van der Waals surface area contributed by atoms with Crippen molar-refractivity contribution in [1.82, 2.24) is 5.32 Å². The molecular formula is C19H21N3O3. The zero-order valence-corrected chi connectivity index (χ0v) is 14.1. The number of para-hydroxylation sites is 1. The number of hydrogen-bond acceptors (Lipinski definition) is 3. The van der Waals surface area contributed by atoms with Crippen molar-refractivity contribution in [1.29, 1.82) is 0 Å². The maximum absolute atomic E-state index is 12.1. The van der Waals surface area contributed by atoms with Gasteiger partial charge < -0.3 is 20.3 Å². The molecule has 2 N–H and O–H groups in total. The topological polar surface area (TPSA) is 70.7 Å². The molecule has 130 valence electrons. The minimum absolute atomic E-state index is 0.0144. The zero-order chi connectivity index (χ0) is 17.6. The fourth-order valence-electron chi connectivity index (χ4n) is 2.63. The molecule has 3 amide bonds. The van der Waals surface area contributed by atoms with Crippen LogP contribution in [0.3, 0.4) is 0 Å². The molecule has 1 unspecified atom stereocenters. The van der Waals surface area contributed by atoms with Gasteiger partial charge in [-0.2, -0.15) is 0 Å². The predicted molar refractivity (Wildman–Crippen MR) is 96.7 cm³/mol. The van der Waals surface area contributed by atoms with Gasteiger partial charge in [-0.25, -0.2) is 4.79 Å². The highest BCUT2D eigenvalue weighted by Crippen LogP contribution is 2.19. The molecule has 6 heteroatoms. The van der Waals surface area contributed by atoms with Gasteiger partial charge in [0, 0.05) is 17.9 Å². The van der Waals surface area contributed by atoms with Crippen molar-refractivity contribution in [2.45, 2.75) is 13.0 Å². The number of rotatable bonds is 4. The summed E-state index contributed by atoms with van der Waals surface area (Å²) in [4.78, 5) is 25.8. The first-order valence-corrected chi connectivity index (χ1v) is 8.20. The number of aryl methyl sites for hydroxylation is 1. The zero-order valence-electron chi connectivity index (χ0n) is 14.1. The van der Waals surface area contributed by atoms with Crippen LogP contribution in [-0.4, -0.2) is 37.7 Å². The van der Waals surface area contributed by atoms with E-state index in [1.165, 1.54) is 0 Å². The van der Waals surface area contributed by atoms with Crippen molar-refractivity contribution in [2.75, 3.05) is 29.9 Å². The van der Waals surface area contributed by atoms with Crippen LogP contribution in [0.25, 0.3) is 0 Å². The van der Waals surface area contributed by atoms with E-state index in [-0.39, 0.29) is 24.6 Å². The minimum Gasteiger partial charge on any atom is -0.365 e. The van der Waals surface area contributed by atoms with E-state index < -0.39 is 0 Å². The summed E-state index contributed by atoms with van der Waals surface area (Å²) in [7, 11) is 0. The fourth-order valence-corrected chi connectivity index (χ4v) is 2.63. The van der Waals surface area contributed by atoms with Crippen LogP contribution in [0, 0.1) is 6.92 Å². The SMILES string of the molecule is Cc1ccc(N2CC(CNC(=O)Nc3ccccc3)OCC2=O)cc1. The van der Waals surface area contributed by atoms with Gasteiger partial charge in [-0.3, -0.25) is 4.79 Å². The molecule has 1 heterocycles. The van der Waals surface area contributed by atoms with Gasteiger partial charge in [-0.1, -0.05) is 35.9 Å². The maximum Gasteiger partial charge on any atom is 0.319 e. The van der Waals surface area contributed by atoms with E-state index in [0.29, 0.717) is 13.1 Å². The van der Waals surface area contributed by atoms with E-state index in [9.17, 15) is 9.59 Å². The Bertz CT molecular complexity index is 731. The highest BCUT2D eigenvalue weighted by Gasteiger charge is 2.27. The quantitative estimate of drug-likeness (QED) is 0.899. The van der Waals surface area contributed by atoms with Crippen molar-refractivity contribution in [3.8, 4) is 0 Å². The summed E-state index contributed by atoms with van der Waals surface area (Å²) in [6.07, 6.45) is -0.250. The Morgan fingerprint density at radius 2 is 1.88 bits per heavy atom. The van der Waals surface area contributed by atoms with Gasteiger partial charge in [0.15, 0.2) is 0 Å². The molecule has 1 fully saturated rings. The third-order valence-corrected chi connectivity index (χ3v) is 4.00. The average Bonchev–Trinajstić information content (AvgIpc) is 2.63. The number of anilines is 2. The van der Waals surface area contributed by atoms with Crippen LogP contribution in [0.15, 0.2) is 54.6 Å². The Morgan fingerprint density at radius 3 is 2.60 bits per heavy atom. The number of nitrogens with one attached hydrogen (secondary N) is 2. The maximum atomic E-state index is 12.1. The number of carbonyl (C=O) groups is 2. The second-order valence-electron chi connectivity index (χ2n) is 5.97. The van der Waals surface area contributed by atoms with Crippen LogP contribution in [0.4, 0.5) is 16.2 Å². The van der Waals surface area contributed by atoms with Crippen molar-refractivity contribution in [2.24, 2.45) is 0 Å². The Labute approximate surface area is 146 Å². The van der Waals surface area contributed by atoms with Crippen molar-refractivity contribution < 1.29 is 14.3 Å². The monoisotopic (exact) mass is 339 g/mol. The Morgan fingerprint density at radius 1 is 1.16 bits per heavy atom. The smallest absolute Gasteiger partial charge is 0.319 e. The molecule has 0 saturated carbocycles. The second-order valence-corrected chi connectivity index (χ2v) is 5.97. The third kappa shape index (κ3) is 4.58. The molecule has 1 aliphatic heterocycles. The molecule has 1 saturated heterocycles. The molecule has 2 aromatic rings. The number of ether oxygens (including phenoxy) is 1. The molecule has 3 rings (SSSR count). The summed E-state index contributed by atoms with van der Waals surface area (Å²) in [5.41, 5.74) is 2.71. The van der Waals surface area contributed by atoms with E-state index in [1.807, 2.05) is 61.5 Å². The number of urea groups is 1. The molecule has 0 aromatic heterocycles. The van der Waals surface area contributed by atoms with Crippen LogP contribution < -0.4 is 15.5 Å². The average molecular weight is 339 g/mol. The number of hydrogen-bond donors (Lipinski definition) is 2. The standard InChI is InChI=1S/C19H21N3O3/c1-14-7-9-16(10-8-14)22-12-17(25-13-18(22)23)11-20-19(24)21-15-5-3-2-4-6-15/h2-10,17H,11-13H2,1H3,(H2,20,21,24). The van der Waals surface area contributed by atoms with Gasteiger partial charge in [-0.15, -0.1) is 0 Å². The number of amides is 3. The van der Waals surface area contributed by atoms with Crippen LogP contribution in [0.1, 0.15) is 5.56 Å². The number of carbonyl (C=O) groups excluding carboxylic acids is 2. The lowest BCUT2D eigenvalue weighted by Gasteiger charge is -2.33. The van der Waals surface area contributed by atoms with Gasteiger partial charge in [0.1, 0.15) is 6.61 Å². The van der Waals surface area contributed by atoms with Gasteiger partial charge in [0.2, 0.25) is 0 Å². The lowest BCUT2D eigenvalue weighted by molar-refractivity contribution is -0.129. The minimum atomic E-state index is -0.298. The normalized spacial score (nSPS) is 17.2. The van der Waals surface area contributed by atoms with Crippen LogP contribution in [0.2, 0.25) is 0 Å². The Hall–Kier alpha value is -2.86.